The number of imidazole rings is 1. The molecule has 3 aliphatic heterocycles. The Morgan fingerprint density at radius 2 is 1.89 bits per heavy atom. The third-order valence-corrected chi connectivity index (χ3v) is 9.79. The summed E-state index contributed by atoms with van der Waals surface area (Å²) in [4.78, 5) is 21.1. The quantitative estimate of drug-likeness (QED) is 0.532. The van der Waals surface area contributed by atoms with Gasteiger partial charge in [0.1, 0.15) is 6.61 Å². The van der Waals surface area contributed by atoms with Gasteiger partial charge < -0.3 is 19.3 Å². The zero-order valence-electron chi connectivity index (χ0n) is 20.4. The zero-order valence-corrected chi connectivity index (χ0v) is 21.3. The molecule has 3 aromatic rings. The fourth-order valence-electron chi connectivity index (χ4n) is 6.35. The standard InChI is InChI=1S/C26H32N6O2S/c1-18-14-25(16-33-18)7-11-31(12-8-25)24-29-15-20(22-28-10-13-32(22)24)35-19-4-9-27-23-21(19)34-17-26(30(23)2)5-3-6-26/h4,9-10,13,15,18H,3,5-8,11-12,14,16-17H2,1-2H3/t18-/m0/s1. The predicted molar refractivity (Wildman–Crippen MR) is 136 cm³/mol. The first-order valence-electron chi connectivity index (χ1n) is 12.8. The number of hydrogen-bond acceptors (Lipinski definition) is 8. The number of rotatable bonds is 3. The molecule has 3 aromatic heterocycles. The lowest BCUT2D eigenvalue weighted by Crippen LogP contribution is -2.58. The topological polar surface area (TPSA) is 68.0 Å². The Labute approximate surface area is 210 Å². The molecule has 2 spiro atoms. The van der Waals surface area contributed by atoms with E-state index in [1.807, 2.05) is 30.9 Å². The van der Waals surface area contributed by atoms with E-state index in [1.54, 1.807) is 11.8 Å². The molecule has 6 heterocycles. The molecular weight excluding hydrogens is 460 g/mol. The number of hydrogen-bond donors (Lipinski definition) is 0. The van der Waals surface area contributed by atoms with Crippen molar-refractivity contribution in [2.75, 3.05) is 43.2 Å². The molecule has 1 atom stereocenters. The van der Waals surface area contributed by atoms with Crippen molar-refractivity contribution in [3.63, 3.8) is 0 Å². The number of pyridine rings is 1. The Balaban J connectivity index is 1.15. The van der Waals surface area contributed by atoms with Crippen LogP contribution < -0.4 is 14.5 Å². The molecular formula is C26H32N6O2S. The van der Waals surface area contributed by atoms with Gasteiger partial charge in [-0.1, -0.05) is 11.8 Å². The summed E-state index contributed by atoms with van der Waals surface area (Å²) in [7, 11) is 2.16. The van der Waals surface area contributed by atoms with Gasteiger partial charge in [0.15, 0.2) is 17.2 Å². The number of likely N-dealkylation sites (N-methyl/N-ethyl adjacent to an activating group) is 1. The third kappa shape index (κ3) is 3.42. The molecule has 0 N–H and O–H groups in total. The second-order valence-corrected chi connectivity index (χ2v) is 11.9. The van der Waals surface area contributed by atoms with Gasteiger partial charge in [0.05, 0.1) is 28.0 Å². The highest BCUT2D eigenvalue weighted by Gasteiger charge is 2.46. The van der Waals surface area contributed by atoms with Crippen molar-refractivity contribution >= 4 is 29.2 Å². The van der Waals surface area contributed by atoms with E-state index in [2.05, 4.69) is 33.2 Å². The molecule has 1 saturated carbocycles. The first kappa shape index (κ1) is 21.7. The van der Waals surface area contributed by atoms with Gasteiger partial charge >= 0.3 is 0 Å². The fraction of sp³-hybridized carbons (Fsp3) is 0.577. The monoisotopic (exact) mass is 492 g/mol. The highest BCUT2D eigenvalue weighted by atomic mass is 32.2. The van der Waals surface area contributed by atoms with Crippen molar-refractivity contribution in [2.24, 2.45) is 5.41 Å². The summed E-state index contributed by atoms with van der Waals surface area (Å²) in [5.41, 5.74) is 1.41. The van der Waals surface area contributed by atoms with Crippen LogP contribution in [0.3, 0.4) is 0 Å². The van der Waals surface area contributed by atoms with E-state index in [-0.39, 0.29) is 5.54 Å². The number of piperidine rings is 1. The Bertz CT molecular complexity index is 1270. The summed E-state index contributed by atoms with van der Waals surface area (Å²) >= 11 is 1.66. The number of aromatic nitrogens is 4. The van der Waals surface area contributed by atoms with Crippen LogP contribution in [0.4, 0.5) is 11.8 Å². The van der Waals surface area contributed by atoms with E-state index >= 15 is 0 Å². The molecule has 7 rings (SSSR count). The minimum absolute atomic E-state index is 0.124. The van der Waals surface area contributed by atoms with Gasteiger partial charge in [-0.05, 0) is 56.9 Å². The first-order valence-corrected chi connectivity index (χ1v) is 13.6. The minimum atomic E-state index is 0.124. The summed E-state index contributed by atoms with van der Waals surface area (Å²) in [6.07, 6.45) is 15.2. The van der Waals surface area contributed by atoms with Crippen molar-refractivity contribution < 1.29 is 9.47 Å². The molecule has 8 nitrogen and oxygen atoms in total. The lowest BCUT2D eigenvalue weighted by molar-refractivity contribution is 0.0975. The Morgan fingerprint density at radius 1 is 1.03 bits per heavy atom. The van der Waals surface area contributed by atoms with Gasteiger partial charge in [-0.2, -0.15) is 0 Å². The Hall–Kier alpha value is -2.52. The average molecular weight is 493 g/mol. The fourth-order valence-corrected chi connectivity index (χ4v) is 7.31. The van der Waals surface area contributed by atoms with Gasteiger partial charge in [-0.15, -0.1) is 0 Å². The molecule has 0 aromatic carbocycles. The van der Waals surface area contributed by atoms with E-state index < -0.39 is 0 Å². The molecule has 9 heteroatoms. The Morgan fingerprint density at radius 3 is 2.63 bits per heavy atom. The van der Waals surface area contributed by atoms with Gasteiger partial charge in [-0.3, -0.25) is 4.40 Å². The summed E-state index contributed by atoms with van der Waals surface area (Å²) in [6, 6.07) is 2.04. The van der Waals surface area contributed by atoms with Crippen LogP contribution in [-0.4, -0.2) is 64.3 Å². The molecule has 0 amide bonds. The lowest BCUT2D eigenvalue weighted by Gasteiger charge is -2.51. The molecule has 2 saturated heterocycles. The van der Waals surface area contributed by atoms with Crippen molar-refractivity contribution in [3.8, 4) is 5.75 Å². The predicted octanol–water partition coefficient (Wildman–Crippen LogP) is 4.42. The van der Waals surface area contributed by atoms with Gasteiger partial charge in [0.2, 0.25) is 5.95 Å². The first-order chi connectivity index (χ1) is 17.1. The SMILES string of the molecule is C[C@H]1CC2(CCN(c3ncc(Sc4ccnc5c4OCC4(CCC4)N5C)c4nccn34)CC2)CO1. The van der Waals surface area contributed by atoms with Crippen molar-refractivity contribution in [1.82, 2.24) is 19.4 Å². The molecule has 3 fully saturated rings. The number of nitrogens with zero attached hydrogens (tertiary/aromatic N) is 6. The maximum absolute atomic E-state index is 6.33. The van der Waals surface area contributed by atoms with Crippen LogP contribution in [0.5, 0.6) is 5.75 Å². The zero-order chi connectivity index (χ0) is 23.6. The maximum Gasteiger partial charge on any atom is 0.211 e. The van der Waals surface area contributed by atoms with Gasteiger partial charge in [0, 0.05) is 44.9 Å². The van der Waals surface area contributed by atoms with Crippen LogP contribution in [-0.2, 0) is 4.74 Å². The number of anilines is 2. The van der Waals surface area contributed by atoms with Crippen LogP contribution in [0.15, 0.2) is 40.6 Å². The second-order valence-electron chi connectivity index (χ2n) is 10.8. The highest BCUT2D eigenvalue weighted by molar-refractivity contribution is 7.99. The third-order valence-electron chi connectivity index (χ3n) is 8.74. The Kier molecular flexibility index (Phi) is 4.97. The highest BCUT2D eigenvalue weighted by Crippen LogP contribution is 2.49. The van der Waals surface area contributed by atoms with Crippen LogP contribution in [0.2, 0.25) is 0 Å². The second kappa shape index (κ2) is 8.00. The normalized spacial score (nSPS) is 24.6. The van der Waals surface area contributed by atoms with Crippen molar-refractivity contribution in [1.29, 1.82) is 0 Å². The van der Waals surface area contributed by atoms with Crippen molar-refractivity contribution in [2.45, 2.75) is 66.9 Å². The number of ether oxygens (including phenoxy) is 2. The summed E-state index contributed by atoms with van der Waals surface area (Å²) in [5.74, 6) is 2.79. The maximum atomic E-state index is 6.33. The summed E-state index contributed by atoms with van der Waals surface area (Å²) in [5, 5.41) is 0. The van der Waals surface area contributed by atoms with Gasteiger partial charge in [-0.25, -0.2) is 15.0 Å². The van der Waals surface area contributed by atoms with Crippen LogP contribution in [0.25, 0.3) is 5.65 Å². The lowest BCUT2D eigenvalue weighted by atomic mass is 9.75. The molecule has 1 aliphatic carbocycles. The van der Waals surface area contributed by atoms with Gasteiger partial charge in [0.25, 0.3) is 0 Å². The van der Waals surface area contributed by atoms with Crippen LogP contribution >= 0.6 is 11.8 Å². The van der Waals surface area contributed by atoms with E-state index in [1.165, 1.54) is 25.7 Å². The minimum Gasteiger partial charge on any atom is -0.486 e. The van der Waals surface area contributed by atoms with Crippen molar-refractivity contribution in [3.05, 3.63) is 30.9 Å². The smallest absolute Gasteiger partial charge is 0.211 e. The van der Waals surface area contributed by atoms with E-state index in [0.717, 1.165) is 72.1 Å². The summed E-state index contributed by atoms with van der Waals surface area (Å²) < 4.78 is 14.4. The molecule has 0 bridgehead atoms. The molecule has 4 aliphatic rings. The van der Waals surface area contributed by atoms with E-state index in [9.17, 15) is 0 Å². The largest absolute Gasteiger partial charge is 0.486 e. The van der Waals surface area contributed by atoms with Crippen LogP contribution in [0.1, 0.15) is 45.4 Å². The molecule has 35 heavy (non-hydrogen) atoms. The van der Waals surface area contributed by atoms with E-state index in [0.29, 0.717) is 11.5 Å². The molecule has 0 unspecified atom stereocenters. The summed E-state index contributed by atoms with van der Waals surface area (Å²) in [6.45, 7) is 5.83. The van der Waals surface area contributed by atoms with E-state index in [4.69, 9.17) is 19.4 Å². The van der Waals surface area contributed by atoms with Crippen LogP contribution in [0, 0.1) is 5.41 Å². The average Bonchev–Trinajstić information content (AvgIpc) is 3.47. The number of fused-ring (bicyclic) bond motifs is 2. The molecule has 0 radical (unpaired) electrons. The molecule has 184 valence electrons.